The number of hydrogen-bond acceptors (Lipinski definition) is 6. The molecule has 0 amide bonds. The lowest BCUT2D eigenvalue weighted by Gasteiger charge is -2.20. The van der Waals surface area contributed by atoms with Crippen molar-refractivity contribution in [2.24, 2.45) is 0 Å². The summed E-state index contributed by atoms with van der Waals surface area (Å²) in [5, 5.41) is 64.0. The molecular weight excluding hydrogens is 479 g/mol. The normalized spacial score (nSPS) is 11.4. The summed E-state index contributed by atoms with van der Waals surface area (Å²) in [6.07, 6.45) is 0. The summed E-state index contributed by atoms with van der Waals surface area (Å²) < 4.78 is 0. The lowest BCUT2D eigenvalue weighted by Crippen LogP contribution is -1.92. The van der Waals surface area contributed by atoms with Crippen molar-refractivity contribution in [3.8, 4) is 56.8 Å². The maximum atomic E-state index is 10.7. The molecule has 5 aromatic carbocycles. The minimum atomic E-state index is -0.743. The van der Waals surface area contributed by atoms with Gasteiger partial charge in [-0.2, -0.15) is 0 Å². The Hall–Kier alpha value is -4.00. The second-order valence-electron chi connectivity index (χ2n) is 7.74. The fraction of sp³-hybridized carbons (Fsp3) is 0. The molecule has 170 valence electrons. The third-order valence-electron chi connectivity index (χ3n) is 5.87. The Labute approximate surface area is 202 Å². The molecule has 8 heteroatoms. The van der Waals surface area contributed by atoms with Crippen LogP contribution in [0.3, 0.4) is 0 Å². The Morgan fingerprint density at radius 2 is 0.706 bits per heavy atom. The largest absolute Gasteiger partial charge is 0.504 e. The Balaban J connectivity index is 2.02. The highest BCUT2D eigenvalue weighted by atomic mass is 35.5. The summed E-state index contributed by atoms with van der Waals surface area (Å²) in [6.45, 7) is 0. The maximum absolute atomic E-state index is 10.7. The fourth-order valence-electron chi connectivity index (χ4n) is 4.32. The van der Waals surface area contributed by atoms with E-state index in [1.165, 1.54) is 12.1 Å². The van der Waals surface area contributed by atoms with E-state index in [2.05, 4.69) is 0 Å². The van der Waals surface area contributed by atoms with Crippen molar-refractivity contribution in [2.45, 2.75) is 0 Å². The SMILES string of the molecule is Oc1c(Cl)cc(-c2c3ccccc3c(-c3cc(Cl)c(O)c(O)c3O)c3ccccc23)c(O)c1O. The molecule has 0 saturated carbocycles. The molecule has 5 aromatic rings. The number of hydrogen-bond donors (Lipinski definition) is 6. The molecule has 0 fully saturated rings. The van der Waals surface area contributed by atoms with Gasteiger partial charge in [-0.25, -0.2) is 0 Å². The van der Waals surface area contributed by atoms with Crippen molar-refractivity contribution in [1.82, 2.24) is 0 Å². The molecule has 34 heavy (non-hydrogen) atoms. The minimum Gasteiger partial charge on any atom is -0.504 e. The molecule has 0 heterocycles. The van der Waals surface area contributed by atoms with Crippen LogP contribution in [0.4, 0.5) is 0 Å². The topological polar surface area (TPSA) is 121 Å². The molecule has 6 nitrogen and oxygen atoms in total. The van der Waals surface area contributed by atoms with Crippen molar-refractivity contribution in [3.63, 3.8) is 0 Å². The van der Waals surface area contributed by atoms with Crippen LogP contribution in [0.2, 0.25) is 10.0 Å². The third kappa shape index (κ3) is 3.04. The number of rotatable bonds is 2. The van der Waals surface area contributed by atoms with E-state index in [4.69, 9.17) is 23.2 Å². The monoisotopic (exact) mass is 494 g/mol. The van der Waals surface area contributed by atoms with Gasteiger partial charge in [0.1, 0.15) is 0 Å². The summed E-state index contributed by atoms with van der Waals surface area (Å²) in [4.78, 5) is 0. The molecule has 5 rings (SSSR count). The first-order valence-electron chi connectivity index (χ1n) is 10.0. The van der Waals surface area contributed by atoms with Crippen LogP contribution >= 0.6 is 23.2 Å². The predicted molar refractivity (Wildman–Crippen MR) is 132 cm³/mol. The van der Waals surface area contributed by atoms with Crippen LogP contribution in [-0.4, -0.2) is 30.6 Å². The van der Waals surface area contributed by atoms with Gasteiger partial charge in [0, 0.05) is 22.3 Å². The molecule has 6 N–H and O–H groups in total. The Morgan fingerprint density at radius 3 is 1.00 bits per heavy atom. The number of phenolic OH excluding ortho intramolecular Hbond substituents is 6. The average molecular weight is 495 g/mol. The first-order chi connectivity index (χ1) is 16.2. The van der Waals surface area contributed by atoms with E-state index >= 15 is 0 Å². The third-order valence-corrected chi connectivity index (χ3v) is 6.45. The Morgan fingerprint density at radius 1 is 0.412 bits per heavy atom. The second kappa shape index (κ2) is 7.80. The van der Waals surface area contributed by atoms with E-state index in [9.17, 15) is 30.6 Å². The van der Waals surface area contributed by atoms with E-state index in [1.54, 1.807) is 48.5 Å². The number of halogens is 2. The maximum Gasteiger partial charge on any atom is 0.202 e. The van der Waals surface area contributed by atoms with Crippen LogP contribution in [0.25, 0.3) is 43.8 Å². The molecule has 0 aromatic heterocycles. The van der Waals surface area contributed by atoms with Crippen molar-refractivity contribution in [1.29, 1.82) is 0 Å². The fourth-order valence-corrected chi connectivity index (χ4v) is 4.72. The minimum absolute atomic E-state index is 0.143. The first-order valence-corrected chi connectivity index (χ1v) is 10.8. The van der Waals surface area contributed by atoms with Gasteiger partial charge in [-0.15, -0.1) is 0 Å². The van der Waals surface area contributed by atoms with Crippen LogP contribution in [0.15, 0.2) is 60.7 Å². The van der Waals surface area contributed by atoms with Gasteiger partial charge in [0.05, 0.1) is 10.0 Å². The van der Waals surface area contributed by atoms with Crippen LogP contribution in [0, 0.1) is 0 Å². The lowest BCUT2D eigenvalue weighted by atomic mass is 9.85. The number of benzene rings is 5. The predicted octanol–water partition coefficient (Wildman–Crippen LogP) is 6.87. The van der Waals surface area contributed by atoms with Crippen molar-refractivity contribution in [3.05, 3.63) is 70.7 Å². The Bertz CT molecular complexity index is 1470. The summed E-state index contributed by atoms with van der Waals surface area (Å²) >= 11 is 12.2. The van der Waals surface area contributed by atoms with Gasteiger partial charge in [0.25, 0.3) is 0 Å². The van der Waals surface area contributed by atoms with E-state index in [1.807, 2.05) is 0 Å². The lowest BCUT2D eigenvalue weighted by molar-refractivity contribution is 0.369. The molecule has 0 radical (unpaired) electrons. The zero-order chi connectivity index (χ0) is 24.3. The molecule has 0 aliphatic rings. The zero-order valence-electron chi connectivity index (χ0n) is 17.2. The standard InChI is InChI=1S/C26H16Cl2O6/c27-17-9-15(21(29)25(33)23(17)31)19-11-5-1-2-6-12(11)20(14-8-4-3-7-13(14)19)16-10-18(28)24(32)26(34)22(16)30/h1-10,29-34H. The van der Waals surface area contributed by atoms with E-state index < -0.39 is 34.5 Å². The van der Waals surface area contributed by atoms with E-state index in [0.717, 1.165) is 0 Å². The quantitative estimate of drug-likeness (QED) is 0.117. The molecular formula is C26H16Cl2O6. The number of aromatic hydroxyl groups is 6. The van der Waals surface area contributed by atoms with Gasteiger partial charge in [0.2, 0.25) is 11.5 Å². The molecule has 0 bridgehead atoms. The highest BCUT2D eigenvalue weighted by Gasteiger charge is 2.25. The summed E-state index contributed by atoms with van der Waals surface area (Å²) in [5.74, 6) is -3.84. The van der Waals surface area contributed by atoms with Gasteiger partial charge in [0.15, 0.2) is 23.0 Å². The van der Waals surface area contributed by atoms with Crippen molar-refractivity contribution in [2.75, 3.05) is 0 Å². The van der Waals surface area contributed by atoms with E-state index in [-0.39, 0.29) is 21.2 Å². The Kier molecular flexibility index (Phi) is 5.01. The summed E-state index contributed by atoms with van der Waals surface area (Å²) in [6, 6.07) is 17.0. The molecule has 0 saturated heterocycles. The van der Waals surface area contributed by atoms with Crippen LogP contribution < -0.4 is 0 Å². The van der Waals surface area contributed by atoms with E-state index in [0.29, 0.717) is 32.7 Å². The van der Waals surface area contributed by atoms with Crippen molar-refractivity contribution < 1.29 is 30.6 Å². The smallest absolute Gasteiger partial charge is 0.202 e. The van der Waals surface area contributed by atoms with Crippen LogP contribution in [-0.2, 0) is 0 Å². The molecule has 0 unspecified atom stereocenters. The number of fused-ring (bicyclic) bond motifs is 2. The summed E-state index contributed by atoms with van der Waals surface area (Å²) in [5.41, 5.74) is 1.43. The molecule has 0 atom stereocenters. The molecule has 0 aliphatic carbocycles. The molecule has 0 aliphatic heterocycles. The van der Waals surface area contributed by atoms with Gasteiger partial charge in [-0.05, 0) is 33.7 Å². The van der Waals surface area contributed by atoms with Crippen molar-refractivity contribution >= 4 is 44.7 Å². The van der Waals surface area contributed by atoms with Gasteiger partial charge in [-0.3, -0.25) is 0 Å². The first kappa shape index (κ1) is 21.8. The molecule has 0 spiro atoms. The highest BCUT2D eigenvalue weighted by Crippen LogP contribution is 2.54. The van der Waals surface area contributed by atoms with Gasteiger partial charge in [-0.1, -0.05) is 71.7 Å². The average Bonchev–Trinajstić information content (AvgIpc) is 2.85. The summed E-state index contributed by atoms with van der Waals surface area (Å²) in [7, 11) is 0. The number of phenols is 6. The van der Waals surface area contributed by atoms with Gasteiger partial charge >= 0.3 is 0 Å². The van der Waals surface area contributed by atoms with Gasteiger partial charge < -0.3 is 30.6 Å². The zero-order valence-corrected chi connectivity index (χ0v) is 18.7. The second-order valence-corrected chi connectivity index (χ2v) is 8.56. The van der Waals surface area contributed by atoms with Crippen LogP contribution in [0.5, 0.6) is 34.5 Å². The van der Waals surface area contributed by atoms with Crippen LogP contribution in [0.1, 0.15) is 0 Å². The highest BCUT2D eigenvalue weighted by molar-refractivity contribution is 6.34.